The summed E-state index contributed by atoms with van der Waals surface area (Å²) < 4.78 is 10.5. The normalized spacial score (nSPS) is 15.9. The number of Topliss-reactive ketones (excluding diaryl/α,β-unsaturated/α-hetero) is 1. The largest absolute Gasteiger partial charge is 0.464 e. The maximum atomic E-state index is 12.9. The van der Waals surface area contributed by atoms with Gasteiger partial charge in [-0.05, 0) is 45.0 Å². The predicted molar refractivity (Wildman–Crippen MR) is 138 cm³/mol. The highest BCUT2D eigenvalue weighted by molar-refractivity contribution is 5.92. The molecule has 0 unspecified atom stereocenters. The zero-order valence-electron chi connectivity index (χ0n) is 22.4. The maximum Gasteiger partial charge on any atom is 0.410 e. The van der Waals surface area contributed by atoms with Crippen LogP contribution < -0.4 is 0 Å². The van der Waals surface area contributed by atoms with Crippen LogP contribution in [0.4, 0.5) is 4.79 Å². The van der Waals surface area contributed by atoms with Crippen molar-refractivity contribution in [3.8, 4) is 0 Å². The van der Waals surface area contributed by atoms with Crippen LogP contribution in [-0.4, -0.2) is 94.5 Å². The summed E-state index contributed by atoms with van der Waals surface area (Å²) in [6, 6.07) is 10.8. The molecule has 0 bridgehead atoms. The molecule has 2 aromatic heterocycles. The monoisotopic (exact) mass is 511 g/mol. The number of ketones is 1. The van der Waals surface area contributed by atoms with Crippen molar-refractivity contribution in [1.82, 2.24) is 24.7 Å². The SMILES string of the molecule is COC(=O)c1cccc(CN2CCN(Cc3cccc(C(C)=O)n3)CCN(C(=O)OC(C)(C)C)CC2)n1. The van der Waals surface area contributed by atoms with Gasteiger partial charge in [-0.3, -0.25) is 14.6 Å². The molecule has 3 rings (SSSR count). The van der Waals surface area contributed by atoms with E-state index in [1.54, 1.807) is 23.1 Å². The number of esters is 1. The lowest BCUT2D eigenvalue weighted by molar-refractivity contribution is 0.0229. The Kier molecular flexibility index (Phi) is 9.71. The third-order valence-electron chi connectivity index (χ3n) is 5.90. The summed E-state index contributed by atoms with van der Waals surface area (Å²) in [7, 11) is 1.33. The van der Waals surface area contributed by atoms with Crippen molar-refractivity contribution in [3.63, 3.8) is 0 Å². The Morgan fingerprint density at radius 1 is 0.811 bits per heavy atom. The minimum atomic E-state index is -0.593. The Morgan fingerprint density at radius 2 is 1.30 bits per heavy atom. The van der Waals surface area contributed by atoms with E-state index in [0.717, 1.165) is 24.5 Å². The molecule has 0 atom stereocenters. The van der Waals surface area contributed by atoms with Crippen LogP contribution >= 0.6 is 0 Å². The third kappa shape index (κ3) is 8.91. The van der Waals surface area contributed by atoms with Gasteiger partial charge in [-0.2, -0.15) is 0 Å². The van der Waals surface area contributed by atoms with Crippen molar-refractivity contribution in [1.29, 1.82) is 0 Å². The summed E-state index contributed by atoms with van der Waals surface area (Å²) in [6.07, 6.45) is -0.350. The van der Waals surface area contributed by atoms with Crippen LogP contribution in [0.3, 0.4) is 0 Å². The number of hydrogen-bond donors (Lipinski definition) is 0. The first kappa shape index (κ1) is 28.2. The van der Waals surface area contributed by atoms with Gasteiger partial charge >= 0.3 is 12.1 Å². The minimum Gasteiger partial charge on any atom is -0.464 e. The van der Waals surface area contributed by atoms with Gasteiger partial charge in [0, 0.05) is 59.3 Å². The minimum absolute atomic E-state index is 0.0738. The highest BCUT2D eigenvalue weighted by Gasteiger charge is 2.25. The van der Waals surface area contributed by atoms with Crippen LogP contribution in [0.1, 0.15) is 60.1 Å². The molecule has 37 heavy (non-hydrogen) atoms. The van der Waals surface area contributed by atoms with Gasteiger partial charge in [0.25, 0.3) is 0 Å². The number of carbonyl (C=O) groups is 3. The van der Waals surface area contributed by atoms with E-state index in [1.807, 2.05) is 39.0 Å². The second-order valence-electron chi connectivity index (χ2n) is 10.1. The standard InChI is InChI=1S/C27H37N5O5/c1-20(33)23-10-6-8-21(28-23)18-30-12-13-31(19-22-9-7-11-24(29-22)25(34)36-5)15-17-32(16-14-30)26(35)37-27(2,3)4/h6-11H,12-19H2,1-5H3. The summed E-state index contributed by atoms with van der Waals surface area (Å²) in [5.74, 6) is -0.552. The summed E-state index contributed by atoms with van der Waals surface area (Å²) in [5.41, 5.74) is 1.65. The first-order valence-electron chi connectivity index (χ1n) is 12.5. The van der Waals surface area contributed by atoms with E-state index >= 15 is 0 Å². The van der Waals surface area contributed by atoms with Gasteiger partial charge in [0.15, 0.2) is 5.78 Å². The highest BCUT2D eigenvalue weighted by Crippen LogP contribution is 2.13. The van der Waals surface area contributed by atoms with Gasteiger partial charge < -0.3 is 14.4 Å². The molecule has 0 aliphatic carbocycles. The van der Waals surface area contributed by atoms with E-state index in [1.165, 1.54) is 14.0 Å². The van der Waals surface area contributed by atoms with E-state index in [-0.39, 0.29) is 17.6 Å². The lowest BCUT2D eigenvalue weighted by Gasteiger charge is -2.29. The van der Waals surface area contributed by atoms with Gasteiger partial charge in [0.1, 0.15) is 17.0 Å². The number of aromatic nitrogens is 2. The Labute approximate surface area is 218 Å². The number of nitrogens with zero attached hydrogens (tertiary/aromatic N) is 5. The second kappa shape index (κ2) is 12.7. The molecule has 1 aliphatic rings. The highest BCUT2D eigenvalue weighted by atomic mass is 16.6. The van der Waals surface area contributed by atoms with E-state index in [9.17, 15) is 14.4 Å². The topological polar surface area (TPSA) is 105 Å². The molecule has 0 aromatic carbocycles. The van der Waals surface area contributed by atoms with Crippen LogP contribution in [0, 0.1) is 0 Å². The summed E-state index contributed by atoms with van der Waals surface area (Å²) in [6.45, 7) is 11.8. The van der Waals surface area contributed by atoms with Crippen LogP contribution in [0.5, 0.6) is 0 Å². The van der Waals surface area contributed by atoms with E-state index in [0.29, 0.717) is 45.0 Å². The first-order chi connectivity index (χ1) is 17.5. The van der Waals surface area contributed by atoms with Crippen molar-refractivity contribution in [2.75, 3.05) is 46.4 Å². The van der Waals surface area contributed by atoms with Crippen LogP contribution in [0.2, 0.25) is 0 Å². The average molecular weight is 512 g/mol. The van der Waals surface area contributed by atoms with Crippen molar-refractivity contribution in [3.05, 3.63) is 59.2 Å². The molecule has 2 aromatic rings. The molecule has 3 heterocycles. The Bertz CT molecular complexity index is 1100. The summed E-state index contributed by atoms with van der Waals surface area (Å²) in [5, 5.41) is 0. The fraction of sp³-hybridized carbons (Fsp3) is 0.519. The Morgan fingerprint density at radius 3 is 1.78 bits per heavy atom. The fourth-order valence-electron chi connectivity index (χ4n) is 3.98. The molecule has 10 heteroatoms. The van der Waals surface area contributed by atoms with Crippen LogP contribution in [0.15, 0.2) is 36.4 Å². The molecule has 1 saturated heterocycles. The van der Waals surface area contributed by atoms with Crippen molar-refractivity contribution >= 4 is 17.8 Å². The number of pyridine rings is 2. The molecule has 0 N–H and O–H groups in total. The second-order valence-corrected chi connectivity index (χ2v) is 10.1. The molecular formula is C27H37N5O5. The van der Waals surface area contributed by atoms with Gasteiger partial charge in [0.05, 0.1) is 18.5 Å². The zero-order chi connectivity index (χ0) is 27.0. The summed E-state index contributed by atoms with van der Waals surface area (Å²) >= 11 is 0. The van der Waals surface area contributed by atoms with E-state index in [4.69, 9.17) is 9.47 Å². The molecule has 1 amide bonds. The Hall–Kier alpha value is -3.37. The number of methoxy groups -OCH3 is 1. The molecular weight excluding hydrogens is 474 g/mol. The van der Waals surface area contributed by atoms with Gasteiger partial charge in [-0.15, -0.1) is 0 Å². The van der Waals surface area contributed by atoms with Crippen molar-refractivity contribution in [2.24, 2.45) is 0 Å². The number of rotatable bonds is 6. The van der Waals surface area contributed by atoms with Gasteiger partial charge in [0.2, 0.25) is 0 Å². The van der Waals surface area contributed by atoms with Crippen LogP contribution in [0.25, 0.3) is 0 Å². The van der Waals surface area contributed by atoms with Gasteiger partial charge in [-0.25, -0.2) is 19.6 Å². The third-order valence-corrected chi connectivity index (χ3v) is 5.90. The zero-order valence-corrected chi connectivity index (χ0v) is 22.4. The fourth-order valence-corrected chi connectivity index (χ4v) is 3.98. The van der Waals surface area contributed by atoms with Crippen LogP contribution in [-0.2, 0) is 22.6 Å². The lowest BCUT2D eigenvalue weighted by Crippen LogP contribution is -2.42. The molecule has 1 fully saturated rings. The van der Waals surface area contributed by atoms with Crippen molar-refractivity contribution < 1.29 is 23.9 Å². The summed E-state index contributed by atoms with van der Waals surface area (Å²) in [4.78, 5) is 51.8. The molecule has 200 valence electrons. The molecule has 10 nitrogen and oxygen atoms in total. The van der Waals surface area contributed by atoms with Crippen molar-refractivity contribution in [2.45, 2.75) is 46.4 Å². The number of amides is 1. The molecule has 1 aliphatic heterocycles. The first-order valence-corrected chi connectivity index (χ1v) is 12.5. The lowest BCUT2D eigenvalue weighted by atomic mass is 10.2. The number of ether oxygens (including phenoxy) is 2. The maximum absolute atomic E-state index is 12.9. The smallest absolute Gasteiger partial charge is 0.410 e. The van der Waals surface area contributed by atoms with E-state index < -0.39 is 11.6 Å². The number of carbonyl (C=O) groups excluding carboxylic acids is 3. The Balaban J connectivity index is 1.79. The predicted octanol–water partition coefficient (Wildman–Crippen LogP) is 3.02. The molecule has 0 saturated carbocycles. The quantitative estimate of drug-likeness (QED) is 0.427. The average Bonchev–Trinajstić information content (AvgIpc) is 2.94. The molecule has 0 radical (unpaired) electrons. The number of hydrogen-bond acceptors (Lipinski definition) is 9. The van der Waals surface area contributed by atoms with Gasteiger partial charge in [-0.1, -0.05) is 12.1 Å². The molecule has 0 spiro atoms. The van der Waals surface area contributed by atoms with E-state index in [2.05, 4.69) is 19.8 Å².